The van der Waals surface area contributed by atoms with Gasteiger partial charge in [-0.15, -0.1) is 11.8 Å². The molecule has 94 valence electrons. The lowest BCUT2D eigenvalue weighted by Crippen LogP contribution is -2.66. The topological polar surface area (TPSA) is 49.3 Å². The Labute approximate surface area is 106 Å². The van der Waals surface area contributed by atoms with Crippen LogP contribution in [0.2, 0.25) is 0 Å². The Hall–Kier alpha value is -0.220. The van der Waals surface area contributed by atoms with Crippen molar-refractivity contribution in [3.8, 4) is 0 Å². The van der Waals surface area contributed by atoms with Crippen LogP contribution in [0.15, 0.2) is 0 Å². The highest BCUT2D eigenvalue weighted by Crippen LogP contribution is 2.64. The highest BCUT2D eigenvalue weighted by Gasteiger charge is 2.65. The highest BCUT2D eigenvalue weighted by molar-refractivity contribution is 8.02. The molecule has 5 aliphatic rings. The number of aliphatic hydroxyl groups is 1. The van der Waals surface area contributed by atoms with Crippen molar-refractivity contribution in [2.75, 3.05) is 0 Å². The van der Waals surface area contributed by atoms with E-state index in [0.717, 1.165) is 19.3 Å². The Kier molecular flexibility index (Phi) is 1.90. The quantitative estimate of drug-likeness (QED) is 0.688. The number of hydrogen-bond donors (Lipinski definition) is 2. The summed E-state index contributed by atoms with van der Waals surface area (Å²) in [5.41, 5.74) is -0.404. The molecule has 4 saturated carbocycles. The first-order chi connectivity index (χ1) is 8.01. The maximum atomic E-state index is 11.9. The van der Waals surface area contributed by atoms with E-state index in [-0.39, 0.29) is 16.0 Å². The second-order valence-corrected chi connectivity index (χ2v) is 8.23. The van der Waals surface area contributed by atoms with Gasteiger partial charge >= 0.3 is 0 Å². The summed E-state index contributed by atoms with van der Waals surface area (Å²) in [7, 11) is 0. The molecule has 4 heteroatoms. The first kappa shape index (κ1) is 10.7. The standard InChI is InChI=1S/C13H19NO2S/c1-7-11(15)14-13(17-7)9-2-8-3-10(13)6-12(16,4-8)5-9/h7-10,16H,2-6H2,1H3,(H,14,15)/t7-,8?,9-,10-,12?,13?/m0/s1. The monoisotopic (exact) mass is 253 g/mol. The number of amides is 1. The van der Waals surface area contributed by atoms with Crippen LogP contribution in [-0.4, -0.2) is 26.7 Å². The lowest BCUT2D eigenvalue weighted by molar-refractivity contribution is -0.150. The molecular weight excluding hydrogens is 234 g/mol. The minimum Gasteiger partial charge on any atom is -0.390 e. The van der Waals surface area contributed by atoms with Crippen LogP contribution in [0, 0.1) is 17.8 Å². The fraction of sp³-hybridized carbons (Fsp3) is 0.923. The van der Waals surface area contributed by atoms with E-state index in [1.165, 1.54) is 12.8 Å². The predicted molar refractivity (Wildman–Crippen MR) is 66.4 cm³/mol. The fourth-order valence-electron chi connectivity index (χ4n) is 4.99. The summed E-state index contributed by atoms with van der Waals surface area (Å²) >= 11 is 1.84. The van der Waals surface area contributed by atoms with Crippen molar-refractivity contribution >= 4 is 17.7 Å². The van der Waals surface area contributed by atoms with E-state index in [0.29, 0.717) is 17.8 Å². The molecule has 1 saturated heterocycles. The number of carbonyl (C=O) groups is 1. The van der Waals surface area contributed by atoms with Crippen molar-refractivity contribution in [1.82, 2.24) is 5.32 Å². The van der Waals surface area contributed by atoms with Gasteiger partial charge in [-0.2, -0.15) is 0 Å². The molecule has 5 rings (SSSR count). The third kappa shape index (κ3) is 1.26. The number of nitrogens with one attached hydrogen (secondary N) is 1. The predicted octanol–water partition coefficient (Wildman–Crippen LogP) is 1.51. The van der Waals surface area contributed by atoms with E-state index in [4.69, 9.17) is 0 Å². The average molecular weight is 253 g/mol. The van der Waals surface area contributed by atoms with Crippen molar-refractivity contribution in [3.63, 3.8) is 0 Å². The van der Waals surface area contributed by atoms with E-state index in [1.807, 2.05) is 18.7 Å². The molecule has 5 fully saturated rings. The molecule has 0 aromatic heterocycles. The first-order valence-corrected chi connectivity index (χ1v) is 7.61. The molecule has 1 spiro atoms. The average Bonchev–Trinajstić information content (AvgIpc) is 2.51. The Morgan fingerprint density at radius 1 is 1.29 bits per heavy atom. The van der Waals surface area contributed by atoms with Crippen molar-refractivity contribution in [3.05, 3.63) is 0 Å². The normalized spacial score (nSPS) is 60.0. The molecular formula is C13H19NO2S. The van der Waals surface area contributed by atoms with Crippen LogP contribution in [0.25, 0.3) is 0 Å². The van der Waals surface area contributed by atoms with Gasteiger partial charge in [0.15, 0.2) is 0 Å². The largest absolute Gasteiger partial charge is 0.390 e. The van der Waals surface area contributed by atoms with Gasteiger partial charge in [-0.1, -0.05) is 0 Å². The van der Waals surface area contributed by atoms with Crippen LogP contribution in [-0.2, 0) is 4.79 Å². The van der Waals surface area contributed by atoms with Crippen LogP contribution in [0.1, 0.15) is 39.0 Å². The second-order valence-electron chi connectivity index (χ2n) is 6.61. The molecule has 0 radical (unpaired) electrons. The van der Waals surface area contributed by atoms with Crippen LogP contribution in [0.3, 0.4) is 0 Å². The van der Waals surface area contributed by atoms with E-state index >= 15 is 0 Å². The van der Waals surface area contributed by atoms with E-state index in [1.54, 1.807) is 0 Å². The van der Waals surface area contributed by atoms with Gasteiger partial charge in [0.25, 0.3) is 0 Å². The Balaban J connectivity index is 1.73. The molecule has 0 aromatic rings. The van der Waals surface area contributed by atoms with Gasteiger partial charge in [-0.3, -0.25) is 4.79 Å². The molecule has 1 amide bonds. The van der Waals surface area contributed by atoms with Gasteiger partial charge in [0.2, 0.25) is 5.91 Å². The summed E-state index contributed by atoms with van der Waals surface area (Å²) in [6.07, 6.45) is 5.22. The molecule has 4 bridgehead atoms. The van der Waals surface area contributed by atoms with E-state index < -0.39 is 5.60 Å². The van der Waals surface area contributed by atoms with Crippen LogP contribution >= 0.6 is 11.8 Å². The van der Waals surface area contributed by atoms with Gasteiger partial charge in [0.1, 0.15) is 0 Å². The minimum absolute atomic E-state index is 0.0281. The summed E-state index contributed by atoms with van der Waals surface area (Å²) in [6.45, 7) is 2.01. The van der Waals surface area contributed by atoms with Gasteiger partial charge in [-0.05, 0) is 56.8 Å². The molecule has 0 unspecified atom stereocenters. The Morgan fingerprint density at radius 3 is 2.41 bits per heavy atom. The van der Waals surface area contributed by atoms with Crippen molar-refractivity contribution < 1.29 is 9.90 Å². The molecule has 2 N–H and O–H groups in total. The number of hydrogen-bond acceptors (Lipinski definition) is 3. The lowest BCUT2D eigenvalue weighted by Gasteiger charge is -2.62. The molecule has 1 heterocycles. The summed E-state index contributed by atoms with van der Waals surface area (Å²) in [5.74, 6) is 1.90. The van der Waals surface area contributed by atoms with Gasteiger partial charge in [0, 0.05) is 0 Å². The van der Waals surface area contributed by atoms with Crippen LogP contribution in [0.4, 0.5) is 0 Å². The molecule has 1 aliphatic heterocycles. The van der Waals surface area contributed by atoms with Crippen LogP contribution < -0.4 is 5.32 Å². The number of rotatable bonds is 0. The number of carbonyl (C=O) groups excluding carboxylic acids is 1. The zero-order chi connectivity index (χ0) is 11.8. The smallest absolute Gasteiger partial charge is 0.234 e. The molecule has 3 nitrogen and oxygen atoms in total. The summed E-state index contributed by atoms with van der Waals surface area (Å²) in [4.78, 5) is 11.8. The molecule has 17 heavy (non-hydrogen) atoms. The fourth-order valence-corrected chi connectivity index (χ4v) is 6.65. The molecule has 4 aliphatic carbocycles. The summed E-state index contributed by atoms with van der Waals surface area (Å²) < 4.78 is 0. The minimum atomic E-state index is -0.404. The zero-order valence-corrected chi connectivity index (χ0v) is 10.9. The Bertz CT molecular complexity index is 381. The molecule has 3 atom stereocenters. The third-order valence-electron chi connectivity index (χ3n) is 5.43. The maximum Gasteiger partial charge on any atom is 0.234 e. The van der Waals surface area contributed by atoms with Gasteiger partial charge in [-0.25, -0.2) is 0 Å². The van der Waals surface area contributed by atoms with Gasteiger partial charge in [0.05, 0.1) is 15.7 Å². The van der Waals surface area contributed by atoms with Crippen molar-refractivity contribution in [1.29, 1.82) is 0 Å². The van der Waals surface area contributed by atoms with Gasteiger partial charge < -0.3 is 10.4 Å². The van der Waals surface area contributed by atoms with E-state index in [2.05, 4.69) is 5.32 Å². The molecule has 0 aromatic carbocycles. The maximum absolute atomic E-state index is 11.9. The summed E-state index contributed by atoms with van der Waals surface area (Å²) in [5, 5.41) is 13.9. The van der Waals surface area contributed by atoms with Crippen LogP contribution in [0.5, 0.6) is 0 Å². The lowest BCUT2D eigenvalue weighted by atomic mass is 9.52. The van der Waals surface area contributed by atoms with E-state index in [9.17, 15) is 9.90 Å². The highest BCUT2D eigenvalue weighted by atomic mass is 32.2. The van der Waals surface area contributed by atoms with Crippen molar-refractivity contribution in [2.45, 2.75) is 54.7 Å². The SMILES string of the molecule is C[C@@H]1SC2(NC1=O)[C@H]1CC3C[C@H]2CC(O)(C3)C1. The zero-order valence-electron chi connectivity index (χ0n) is 10.1. The summed E-state index contributed by atoms with van der Waals surface area (Å²) in [6, 6.07) is 0. The third-order valence-corrected chi connectivity index (χ3v) is 7.16. The van der Waals surface area contributed by atoms with Crippen molar-refractivity contribution in [2.24, 2.45) is 17.8 Å². The second kappa shape index (κ2) is 3.02. The Morgan fingerprint density at radius 2 is 1.94 bits per heavy atom. The first-order valence-electron chi connectivity index (χ1n) is 6.73. The number of thioether (sulfide) groups is 1.